The average Bonchev–Trinajstić information content (AvgIpc) is 2.45. The van der Waals surface area contributed by atoms with E-state index in [0.29, 0.717) is 5.56 Å². The number of rotatable bonds is 5. The van der Waals surface area contributed by atoms with E-state index in [4.69, 9.17) is 9.84 Å². The second-order valence-electron chi connectivity index (χ2n) is 4.93. The van der Waals surface area contributed by atoms with E-state index in [1.54, 1.807) is 7.11 Å². The van der Waals surface area contributed by atoms with E-state index in [-0.39, 0.29) is 23.6 Å². The topological polar surface area (TPSA) is 88.5 Å². The summed E-state index contributed by atoms with van der Waals surface area (Å²) in [6, 6.07) is 1.43. The molecule has 6 nitrogen and oxygen atoms in total. The van der Waals surface area contributed by atoms with Crippen molar-refractivity contribution in [1.29, 1.82) is 0 Å². The van der Waals surface area contributed by atoms with E-state index >= 15 is 0 Å². The molecule has 1 aromatic rings. The average molecular weight is 310 g/mol. The van der Waals surface area contributed by atoms with Gasteiger partial charge in [0.15, 0.2) is 0 Å². The molecule has 2 rings (SSSR count). The van der Waals surface area contributed by atoms with E-state index in [1.807, 2.05) is 0 Å². The molecule has 0 saturated heterocycles. The minimum Gasteiger partial charge on any atom is -0.384 e. The maximum atomic E-state index is 12.3. The van der Waals surface area contributed by atoms with E-state index in [9.17, 15) is 8.42 Å². The molecule has 1 aromatic heterocycles. The highest BCUT2D eigenvalue weighted by atomic mass is 32.2. The summed E-state index contributed by atoms with van der Waals surface area (Å²) >= 11 is 0. The first kappa shape index (κ1) is 15.9. The third-order valence-electron chi connectivity index (χ3n) is 3.62. The second-order valence-corrected chi connectivity index (χ2v) is 6.70. The van der Waals surface area contributed by atoms with Crippen LogP contribution in [0.3, 0.4) is 0 Å². The van der Waals surface area contributed by atoms with Crippen LogP contribution in [0.25, 0.3) is 0 Å². The van der Waals surface area contributed by atoms with Crippen molar-refractivity contribution >= 4 is 10.0 Å². The second kappa shape index (κ2) is 6.54. The highest BCUT2D eigenvalue weighted by molar-refractivity contribution is 7.89. The molecule has 1 fully saturated rings. The molecule has 1 aliphatic carbocycles. The van der Waals surface area contributed by atoms with Gasteiger partial charge in [0, 0.05) is 31.6 Å². The molecule has 1 heterocycles. The number of aliphatic hydroxyl groups is 1. The van der Waals surface area contributed by atoms with Gasteiger partial charge in [-0.15, -0.1) is 0 Å². The van der Waals surface area contributed by atoms with Crippen molar-refractivity contribution in [2.24, 2.45) is 0 Å². The Balaban J connectivity index is 2.12. The largest absolute Gasteiger partial charge is 0.384 e. The third-order valence-corrected chi connectivity index (χ3v) is 4.99. The van der Waals surface area contributed by atoms with Gasteiger partial charge in [-0.3, -0.25) is 4.98 Å². The van der Waals surface area contributed by atoms with Gasteiger partial charge in [0.05, 0.1) is 5.60 Å². The monoisotopic (exact) mass is 310 g/mol. The molecule has 0 spiro atoms. The lowest BCUT2D eigenvalue weighted by molar-refractivity contribution is -0.0659. The standard InChI is InChI=1S/C14H18N2O4S/c1-20-14(5-3-6-14)11-16-21(18,19)13-8-12(4-2-7-17)9-15-10-13/h8-10,16-17H,3,5-7,11H2,1H3. The number of nitrogens with one attached hydrogen (secondary N) is 1. The Kier molecular flexibility index (Phi) is 4.96. The maximum Gasteiger partial charge on any atom is 0.242 e. The van der Waals surface area contributed by atoms with Crippen molar-refractivity contribution in [3.63, 3.8) is 0 Å². The third kappa shape index (κ3) is 3.80. The lowest BCUT2D eigenvalue weighted by atomic mass is 9.80. The molecule has 0 aliphatic heterocycles. The summed E-state index contributed by atoms with van der Waals surface area (Å²) in [6.07, 6.45) is 5.47. The maximum absolute atomic E-state index is 12.3. The van der Waals surface area contributed by atoms with Gasteiger partial charge < -0.3 is 9.84 Å². The number of nitrogens with zero attached hydrogens (tertiary/aromatic N) is 1. The number of ether oxygens (including phenoxy) is 1. The minimum absolute atomic E-state index is 0.0535. The minimum atomic E-state index is -3.65. The van der Waals surface area contributed by atoms with Gasteiger partial charge in [0.1, 0.15) is 11.5 Å². The Morgan fingerprint density at radius 3 is 2.81 bits per heavy atom. The molecule has 0 bridgehead atoms. The van der Waals surface area contributed by atoms with Crippen LogP contribution < -0.4 is 4.72 Å². The van der Waals surface area contributed by atoms with E-state index in [2.05, 4.69) is 21.5 Å². The molecule has 0 atom stereocenters. The van der Waals surface area contributed by atoms with Gasteiger partial charge in [-0.2, -0.15) is 0 Å². The fourth-order valence-corrected chi connectivity index (χ4v) is 3.21. The van der Waals surface area contributed by atoms with Crippen molar-refractivity contribution in [2.75, 3.05) is 20.3 Å². The molecular formula is C14H18N2O4S. The Labute approximate surface area is 124 Å². The van der Waals surface area contributed by atoms with Crippen molar-refractivity contribution in [2.45, 2.75) is 29.8 Å². The predicted octanol–water partition coefficient (Wildman–Crippen LogP) is 0.273. The van der Waals surface area contributed by atoms with Crippen LogP contribution in [0.1, 0.15) is 24.8 Å². The van der Waals surface area contributed by atoms with Gasteiger partial charge in [0.2, 0.25) is 10.0 Å². The van der Waals surface area contributed by atoms with Crippen LogP contribution in [0.4, 0.5) is 0 Å². The number of hydrogen-bond acceptors (Lipinski definition) is 5. The van der Waals surface area contributed by atoms with Crippen molar-refractivity contribution in [1.82, 2.24) is 9.71 Å². The first-order chi connectivity index (χ1) is 10.0. The van der Waals surface area contributed by atoms with Gasteiger partial charge in [-0.1, -0.05) is 11.8 Å². The summed E-state index contributed by atoms with van der Waals surface area (Å²) in [5.41, 5.74) is 0.0615. The molecule has 2 N–H and O–H groups in total. The first-order valence-electron chi connectivity index (χ1n) is 6.61. The smallest absolute Gasteiger partial charge is 0.242 e. The zero-order chi connectivity index (χ0) is 15.3. The molecule has 21 heavy (non-hydrogen) atoms. The van der Waals surface area contributed by atoms with Crippen LogP contribution in [0.15, 0.2) is 23.4 Å². The van der Waals surface area contributed by atoms with Crippen LogP contribution in [0.2, 0.25) is 0 Å². The molecule has 0 unspecified atom stereocenters. The number of aliphatic hydroxyl groups excluding tert-OH is 1. The summed E-state index contributed by atoms with van der Waals surface area (Å²) in [5.74, 6) is 5.09. The first-order valence-corrected chi connectivity index (χ1v) is 8.09. The Morgan fingerprint density at radius 1 is 1.48 bits per heavy atom. The zero-order valence-corrected chi connectivity index (χ0v) is 12.6. The lowest BCUT2D eigenvalue weighted by Crippen LogP contribution is -2.49. The van der Waals surface area contributed by atoms with Crippen molar-refractivity contribution in [3.05, 3.63) is 24.0 Å². The van der Waals surface area contributed by atoms with Crippen molar-refractivity contribution in [3.8, 4) is 11.8 Å². The molecule has 1 saturated carbocycles. The van der Waals surface area contributed by atoms with Crippen LogP contribution in [0, 0.1) is 11.8 Å². The number of sulfonamides is 1. The Bertz CT molecular complexity index is 652. The summed E-state index contributed by atoms with van der Waals surface area (Å²) < 4.78 is 32.5. The Morgan fingerprint density at radius 2 is 2.24 bits per heavy atom. The van der Waals surface area contributed by atoms with Crippen LogP contribution in [0.5, 0.6) is 0 Å². The predicted molar refractivity (Wildman–Crippen MR) is 77.0 cm³/mol. The molecule has 114 valence electrons. The SMILES string of the molecule is COC1(CNS(=O)(=O)c2cncc(C#CCO)c2)CCC1. The normalized spacial score (nSPS) is 16.7. The van der Waals surface area contributed by atoms with Gasteiger partial charge in [-0.05, 0) is 25.3 Å². The van der Waals surface area contributed by atoms with E-state index in [0.717, 1.165) is 19.3 Å². The quantitative estimate of drug-likeness (QED) is 0.762. The summed E-state index contributed by atoms with van der Waals surface area (Å²) in [6.45, 7) is -0.0377. The summed E-state index contributed by atoms with van der Waals surface area (Å²) in [7, 11) is -2.05. The molecule has 0 aromatic carbocycles. The highest BCUT2D eigenvalue weighted by Crippen LogP contribution is 2.34. The van der Waals surface area contributed by atoms with Crippen LogP contribution in [-0.4, -0.2) is 44.4 Å². The molecule has 0 radical (unpaired) electrons. The van der Waals surface area contributed by atoms with Gasteiger partial charge >= 0.3 is 0 Å². The molecule has 1 aliphatic rings. The van der Waals surface area contributed by atoms with Crippen LogP contribution in [-0.2, 0) is 14.8 Å². The highest BCUT2D eigenvalue weighted by Gasteiger charge is 2.38. The number of aromatic nitrogens is 1. The van der Waals surface area contributed by atoms with Gasteiger partial charge in [0.25, 0.3) is 0 Å². The van der Waals surface area contributed by atoms with Crippen molar-refractivity contribution < 1.29 is 18.3 Å². The summed E-state index contributed by atoms with van der Waals surface area (Å²) in [4.78, 5) is 3.92. The molecule has 0 amide bonds. The lowest BCUT2D eigenvalue weighted by Gasteiger charge is -2.40. The Hall–Kier alpha value is -1.46. The number of pyridine rings is 1. The fraction of sp³-hybridized carbons (Fsp3) is 0.500. The molecule has 7 heteroatoms. The van der Waals surface area contributed by atoms with E-state index < -0.39 is 10.0 Å². The number of methoxy groups -OCH3 is 1. The van der Waals surface area contributed by atoms with Crippen LogP contribution >= 0.6 is 0 Å². The van der Waals surface area contributed by atoms with Gasteiger partial charge in [-0.25, -0.2) is 13.1 Å². The summed E-state index contributed by atoms with van der Waals surface area (Å²) in [5, 5.41) is 8.65. The molecular weight excluding hydrogens is 292 g/mol. The zero-order valence-electron chi connectivity index (χ0n) is 11.8. The van der Waals surface area contributed by atoms with E-state index in [1.165, 1.54) is 18.5 Å². The fourth-order valence-electron chi connectivity index (χ4n) is 2.11. The number of hydrogen-bond donors (Lipinski definition) is 2.